The predicted octanol–water partition coefficient (Wildman–Crippen LogP) is -8.70. The summed E-state index contributed by atoms with van der Waals surface area (Å²) in [5, 5.41) is 140. The Morgan fingerprint density at radius 1 is 0.464 bits per heavy atom. The van der Waals surface area contributed by atoms with Crippen LogP contribution in [0, 0.1) is 0 Å². The van der Waals surface area contributed by atoms with Crippen molar-refractivity contribution in [3.8, 4) is 0 Å². The predicted molar refractivity (Wildman–Crippen MR) is 174 cm³/mol. The summed E-state index contributed by atoms with van der Waals surface area (Å²) in [6, 6.07) is -1.61. The fourth-order valence-corrected chi connectivity index (χ4v) is 7.23. The zero-order valence-electron chi connectivity index (χ0n) is 30.7. The number of rotatable bonds is 11. The molecule has 5 heterocycles. The average Bonchev–Trinajstić information content (AvgIpc) is 3.15. The Kier molecular flexibility index (Phi) is 15.4. The molecule has 0 spiro atoms. The molecule has 1 amide bonds. The van der Waals surface area contributed by atoms with Crippen molar-refractivity contribution in [2.24, 2.45) is 0 Å². The van der Waals surface area contributed by atoms with E-state index in [-0.39, 0.29) is 0 Å². The highest BCUT2D eigenvalue weighted by molar-refractivity contribution is 5.73. The molecule has 0 bridgehead atoms. The Balaban J connectivity index is 1.40. The standard InChI is InChI=1S/C32H55NO23/c1-7-14(37)19(42)21(44)30(49-7)54-25-15(38)9(3)50-32(23(25)46)53-24-13(33-10(4)36)29(51-12(6-35)18(24)41)56-27-26(16(39)8(2)48-28(27)47)55-31-22(45)20(43)17(40)11(5-34)52-31/h7-9,11-32,34-35,37-47H,5-6H2,1-4H3,(H,33,36)/t7?,8?,9?,11-,12?,13?,14-,15-,16-,17+,18+,19-,20?,21?,22?,23?,24+,25-,26-,27?,28+,29-,30-,31+,32-/m0/s1. The summed E-state index contributed by atoms with van der Waals surface area (Å²) in [5.41, 5.74) is 0. The highest BCUT2D eigenvalue weighted by Crippen LogP contribution is 2.36. The van der Waals surface area contributed by atoms with Gasteiger partial charge in [0, 0.05) is 6.92 Å². The zero-order chi connectivity index (χ0) is 41.5. The lowest BCUT2D eigenvalue weighted by atomic mass is 9.94. The van der Waals surface area contributed by atoms with Crippen LogP contribution in [0.1, 0.15) is 27.7 Å². The lowest BCUT2D eigenvalue weighted by molar-refractivity contribution is -0.388. The Bertz CT molecular complexity index is 1270. The number of carbonyl (C=O) groups excluding carboxylic acids is 1. The molecule has 5 fully saturated rings. The Hall–Kier alpha value is -1.41. The lowest BCUT2D eigenvalue weighted by Gasteiger charge is -2.50. The van der Waals surface area contributed by atoms with Crippen LogP contribution < -0.4 is 5.32 Å². The van der Waals surface area contributed by atoms with Gasteiger partial charge >= 0.3 is 0 Å². The van der Waals surface area contributed by atoms with E-state index in [1.807, 2.05) is 0 Å². The third kappa shape index (κ3) is 9.31. The minimum absolute atomic E-state index is 0.757. The van der Waals surface area contributed by atoms with E-state index in [0.29, 0.717) is 0 Å². The third-order valence-electron chi connectivity index (χ3n) is 10.6. The first-order chi connectivity index (χ1) is 26.3. The molecule has 0 aromatic rings. The lowest BCUT2D eigenvalue weighted by Crippen LogP contribution is -2.70. The van der Waals surface area contributed by atoms with E-state index < -0.39 is 173 Å². The number of amides is 1. The van der Waals surface area contributed by atoms with Gasteiger partial charge in [0.1, 0.15) is 104 Å². The quantitative estimate of drug-likeness (QED) is 0.0920. The molecular formula is C32H55NO23. The Morgan fingerprint density at radius 2 is 0.893 bits per heavy atom. The first-order valence-corrected chi connectivity index (χ1v) is 18.2. The zero-order valence-corrected chi connectivity index (χ0v) is 30.7. The van der Waals surface area contributed by atoms with Gasteiger partial charge in [0.15, 0.2) is 31.5 Å². The van der Waals surface area contributed by atoms with Crippen LogP contribution in [0.2, 0.25) is 0 Å². The molecule has 24 nitrogen and oxygen atoms in total. The summed E-state index contributed by atoms with van der Waals surface area (Å²) in [7, 11) is 0. The van der Waals surface area contributed by atoms with Crippen LogP contribution in [0.25, 0.3) is 0 Å². The SMILES string of the molecule is CC(=O)NC1[C@H](OC2[C@H](O)OC(C)[C@H](O)[C@@H]2O[C@H]2O[C@@H](CO)[C@@H](O)C(O)C2O)OC(CO)[C@@H](O)[C@@H]1O[C@@H]1OC(C)[C@H](O)[C@H](O[C@@H]2OC(C)[C@H](O)[C@H](O)C2O)C1O. The molecule has 10 unspecified atom stereocenters. The molecule has 5 aliphatic rings. The molecular weight excluding hydrogens is 766 g/mol. The number of carbonyl (C=O) groups is 1. The molecule has 0 aromatic carbocycles. The maximum atomic E-state index is 12.6. The number of hydrogen-bond donors (Lipinski definition) is 14. The second-order valence-corrected chi connectivity index (χ2v) is 14.6. The number of hydrogen-bond acceptors (Lipinski definition) is 23. The molecule has 24 heteroatoms. The highest BCUT2D eigenvalue weighted by atomic mass is 16.8. The van der Waals surface area contributed by atoms with Gasteiger partial charge in [-0.05, 0) is 20.8 Å². The first-order valence-electron chi connectivity index (χ1n) is 18.2. The smallest absolute Gasteiger partial charge is 0.217 e. The van der Waals surface area contributed by atoms with Crippen molar-refractivity contribution in [3.05, 3.63) is 0 Å². The molecule has 0 aliphatic carbocycles. The van der Waals surface area contributed by atoms with E-state index in [4.69, 9.17) is 42.6 Å². The molecule has 0 radical (unpaired) electrons. The van der Waals surface area contributed by atoms with E-state index in [1.165, 1.54) is 20.8 Å². The Morgan fingerprint density at radius 3 is 1.48 bits per heavy atom. The maximum absolute atomic E-state index is 12.6. The van der Waals surface area contributed by atoms with Crippen LogP contribution in [0.4, 0.5) is 0 Å². The van der Waals surface area contributed by atoms with Gasteiger partial charge in [-0.2, -0.15) is 0 Å². The van der Waals surface area contributed by atoms with Crippen molar-refractivity contribution in [2.75, 3.05) is 13.2 Å². The van der Waals surface area contributed by atoms with Gasteiger partial charge in [0.05, 0.1) is 31.5 Å². The van der Waals surface area contributed by atoms with Crippen LogP contribution in [0.5, 0.6) is 0 Å². The monoisotopic (exact) mass is 821 g/mol. The van der Waals surface area contributed by atoms with Gasteiger partial charge in [-0.15, -0.1) is 0 Å². The first kappa shape index (κ1) is 45.7. The van der Waals surface area contributed by atoms with E-state index in [1.54, 1.807) is 0 Å². The van der Waals surface area contributed by atoms with E-state index in [9.17, 15) is 71.2 Å². The molecule has 5 aliphatic heterocycles. The molecule has 5 saturated heterocycles. The molecule has 5 rings (SSSR count). The van der Waals surface area contributed by atoms with Gasteiger partial charge in [-0.3, -0.25) is 4.79 Å². The minimum atomic E-state index is -1.95. The molecule has 0 saturated carbocycles. The summed E-state index contributed by atoms with van der Waals surface area (Å²) in [4.78, 5) is 12.6. The van der Waals surface area contributed by atoms with E-state index >= 15 is 0 Å². The van der Waals surface area contributed by atoms with Gasteiger partial charge in [0.25, 0.3) is 0 Å². The second kappa shape index (κ2) is 18.9. The molecule has 14 N–H and O–H groups in total. The van der Waals surface area contributed by atoms with Crippen LogP contribution in [-0.4, -0.2) is 239 Å². The van der Waals surface area contributed by atoms with Crippen molar-refractivity contribution < 1.29 is 114 Å². The second-order valence-electron chi connectivity index (χ2n) is 14.6. The highest BCUT2D eigenvalue weighted by Gasteiger charge is 2.56. The number of ether oxygens (including phenoxy) is 9. The average molecular weight is 822 g/mol. The fraction of sp³-hybridized carbons (Fsp3) is 0.969. The summed E-state index contributed by atoms with van der Waals surface area (Å²) in [6.07, 6.45) is -40.0. The number of aliphatic hydroxyl groups is 13. The molecule has 326 valence electrons. The number of aliphatic hydroxyl groups excluding tert-OH is 13. The van der Waals surface area contributed by atoms with Crippen LogP contribution in [0.3, 0.4) is 0 Å². The Labute approximate surface area is 319 Å². The summed E-state index contributed by atoms with van der Waals surface area (Å²) in [6.45, 7) is 3.46. The van der Waals surface area contributed by atoms with Crippen molar-refractivity contribution in [3.63, 3.8) is 0 Å². The van der Waals surface area contributed by atoms with Gasteiger partial charge in [-0.1, -0.05) is 0 Å². The summed E-state index contributed by atoms with van der Waals surface area (Å²) in [5.74, 6) is -0.757. The summed E-state index contributed by atoms with van der Waals surface area (Å²) < 4.78 is 51.3. The number of nitrogens with one attached hydrogen (secondary N) is 1. The largest absolute Gasteiger partial charge is 0.394 e. The molecule has 56 heavy (non-hydrogen) atoms. The summed E-state index contributed by atoms with van der Waals surface area (Å²) >= 11 is 0. The van der Waals surface area contributed by atoms with Gasteiger partial charge < -0.3 is 114 Å². The minimum Gasteiger partial charge on any atom is -0.394 e. The topological polar surface area (TPSA) is 375 Å². The van der Waals surface area contributed by atoms with Crippen LogP contribution in [0.15, 0.2) is 0 Å². The van der Waals surface area contributed by atoms with Crippen molar-refractivity contribution >= 4 is 5.91 Å². The van der Waals surface area contributed by atoms with Crippen molar-refractivity contribution in [1.82, 2.24) is 5.32 Å². The van der Waals surface area contributed by atoms with Crippen LogP contribution >= 0.6 is 0 Å². The maximum Gasteiger partial charge on any atom is 0.217 e. The fourth-order valence-electron chi connectivity index (χ4n) is 7.23. The third-order valence-corrected chi connectivity index (χ3v) is 10.6. The molecule has 25 atom stereocenters. The van der Waals surface area contributed by atoms with Crippen LogP contribution in [-0.2, 0) is 47.4 Å². The van der Waals surface area contributed by atoms with Crippen molar-refractivity contribution in [1.29, 1.82) is 0 Å². The normalized spacial score (nSPS) is 53.1. The van der Waals surface area contributed by atoms with Gasteiger partial charge in [-0.25, -0.2) is 0 Å². The van der Waals surface area contributed by atoms with Gasteiger partial charge in [0.2, 0.25) is 5.91 Å². The molecule has 0 aromatic heterocycles. The van der Waals surface area contributed by atoms with E-state index in [2.05, 4.69) is 5.32 Å². The van der Waals surface area contributed by atoms with E-state index in [0.717, 1.165) is 6.92 Å². The van der Waals surface area contributed by atoms with Crippen molar-refractivity contribution in [2.45, 2.75) is 181 Å².